The van der Waals surface area contributed by atoms with Crippen molar-refractivity contribution in [3.05, 3.63) is 23.3 Å². The Morgan fingerprint density at radius 2 is 2.08 bits per heavy atom. The van der Waals surface area contributed by atoms with Gasteiger partial charge in [0.1, 0.15) is 0 Å². The lowest BCUT2D eigenvalue weighted by Crippen LogP contribution is -2.21. The summed E-state index contributed by atoms with van der Waals surface area (Å²) in [5.41, 5.74) is 2.34. The third-order valence-electron chi connectivity index (χ3n) is 2.81. The molecule has 0 aromatic carbocycles. The number of ketones is 1. The first kappa shape index (κ1) is 7.78. The van der Waals surface area contributed by atoms with E-state index in [4.69, 9.17) is 0 Å². The van der Waals surface area contributed by atoms with E-state index in [9.17, 15) is 4.79 Å². The minimum atomic E-state index is 0.256. The summed E-state index contributed by atoms with van der Waals surface area (Å²) in [6, 6.07) is 0. The zero-order valence-corrected chi connectivity index (χ0v) is 7.47. The number of carbonyl (C=O) groups excluding carboxylic acids is 1. The minimum absolute atomic E-state index is 0.256. The highest BCUT2D eigenvalue weighted by Gasteiger charge is 2.26. The van der Waals surface area contributed by atoms with E-state index >= 15 is 0 Å². The molecule has 0 N–H and O–H groups in total. The number of hydrogen-bond donors (Lipinski definition) is 0. The zero-order chi connectivity index (χ0) is 8.55. The lowest BCUT2D eigenvalue weighted by atomic mass is 9.79. The third-order valence-corrected chi connectivity index (χ3v) is 2.81. The number of rotatable bonds is 0. The van der Waals surface area contributed by atoms with Gasteiger partial charge in [-0.15, -0.1) is 0 Å². The van der Waals surface area contributed by atoms with E-state index < -0.39 is 0 Å². The van der Waals surface area contributed by atoms with Crippen LogP contribution in [0, 0.1) is 5.92 Å². The van der Waals surface area contributed by atoms with Crippen molar-refractivity contribution in [2.45, 2.75) is 32.6 Å². The molecule has 2 aliphatic rings. The van der Waals surface area contributed by atoms with Crippen molar-refractivity contribution in [3.63, 3.8) is 0 Å². The molecule has 0 bridgehead atoms. The van der Waals surface area contributed by atoms with Gasteiger partial charge in [-0.1, -0.05) is 19.1 Å². The Hall–Kier alpha value is -0.850. The fraction of sp³-hybridized carbons (Fsp3) is 0.545. The molecule has 1 heteroatoms. The topological polar surface area (TPSA) is 17.1 Å². The summed E-state index contributed by atoms with van der Waals surface area (Å²) in [6.45, 7) is 2.04. The Morgan fingerprint density at radius 1 is 1.33 bits per heavy atom. The molecule has 0 saturated heterocycles. The van der Waals surface area contributed by atoms with Crippen LogP contribution in [0.3, 0.4) is 0 Å². The monoisotopic (exact) mass is 162 g/mol. The normalized spacial score (nSPS) is 29.1. The predicted molar refractivity (Wildman–Crippen MR) is 48.8 cm³/mol. The van der Waals surface area contributed by atoms with Gasteiger partial charge in [0.25, 0.3) is 0 Å². The SMILES string of the molecule is CC1CCC2=CCCC=C2C1=O. The van der Waals surface area contributed by atoms with E-state index in [1.54, 1.807) is 0 Å². The first-order chi connectivity index (χ1) is 5.79. The molecule has 12 heavy (non-hydrogen) atoms. The number of fused-ring (bicyclic) bond motifs is 1. The Balaban J connectivity index is 2.31. The second kappa shape index (κ2) is 2.89. The summed E-state index contributed by atoms with van der Waals surface area (Å²) in [5.74, 6) is 0.624. The van der Waals surface area contributed by atoms with Crippen molar-refractivity contribution in [2.75, 3.05) is 0 Å². The van der Waals surface area contributed by atoms with Crippen LogP contribution in [0.15, 0.2) is 23.3 Å². The average molecular weight is 162 g/mol. The molecule has 0 radical (unpaired) electrons. The molecule has 1 unspecified atom stereocenters. The van der Waals surface area contributed by atoms with E-state index in [1.807, 2.05) is 6.92 Å². The third kappa shape index (κ3) is 1.13. The zero-order valence-electron chi connectivity index (χ0n) is 7.47. The summed E-state index contributed by atoms with van der Waals surface area (Å²) < 4.78 is 0. The Morgan fingerprint density at radius 3 is 2.92 bits per heavy atom. The largest absolute Gasteiger partial charge is 0.294 e. The van der Waals surface area contributed by atoms with Gasteiger partial charge in [0, 0.05) is 11.5 Å². The highest BCUT2D eigenvalue weighted by atomic mass is 16.1. The Labute approximate surface area is 73.2 Å². The summed E-state index contributed by atoms with van der Waals surface area (Å²) in [6.07, 6.45) is 8.69. The molecule has 64 valence electrons. The fourth-order valence-electron chi connectivity index (χ4n) is 1.99. The van der Waals surface area contributed by atoms with Gasteiger partial charge in [-0.05, 0) is 31.3 Å². The van der Waals surface area contributed by atoms with Gasteiger partial charge in [0.05, 0.1) is 0 Å². The highest BCUT2D eigenvalue weighted by molar-refractivity contribution is 6.02. The van der Waals surface area contributed by atoms with E-state index in [0.717, 1.165) is 31.3 Å². The summed E-state index contributed by atoms with van der Waals surface area (Å²) in [4.78, 5) is 11.7. The van der Waals surface area contributed by atoms with Crippen LogP contribution in [0.5, 0.6) is 0 Å². The van der Waals surface area contributed by atoms with Gasteiger partial charge < -0.3 is 0 Å². The maximum absolute atomic E-state index is 11.7. The van der Waals surface area contributed by atoms with Crippen LogP contribution in [-0.2, 0) is 4.79 Å². The molecule has 0 heterocycles. The second-order valence-electron chi connectivity index (χ2n) is 3.73. The van der Waals surface area contributed by atoms with Crippen molar-refractivity contribution in [3.8, 4) is 0 Å². The molecule has 1 saturated carbocycles. The van der Waals surface area contributed by atoms with Gasteiger partial charge in [0.2, 0.25) is 0 Å². The molecule has 1 atom stereocenters. The Bertz CT molecular complexity index is 271. The van der Waals surface area contributed by atoms with Crippen molar-refractivity contribution >= 4 is 5.78 Å². The maximum atomic E-state index is 11.7. The average Bonchev–Trinajstić information content (AvgIpc) is 2.12. The first-order valence-electron chi connectivity index (χ1n) is 4.73. The molecular formula is C11H14O. The lowest BCUT2D eigenvalue weighted by molar-refractivity contribution is -0.119. The quantitative estimate of drug-likeness (QED) is 0.535. The van der Waals surface area contributed by atoms with Gasteiger partial charge in [-0.2, -0.15) is 0 Å². The lowest BCUT2D eigenvalue weighted by Gasteiger charge is -2.24. The van der Waals surface area contributed by atoms with Crippen LogP contribution in [0.1, 0.15) is 32.6 Å². The number of carbonyl (C=O) groups is 1. The molecular weight excluding hydrogens is 148 g/mol. The molecule has 2 aliphatic carbocycles. The van der Waals surface area contributed by atoms with Gasteiger partial charge in [-0.25, -0.2) is 0 Å². The van der Waals surface area contributed by atoms with E-state index in [2.05, 4.69) is 12.2 Å². The maximum Gasteiger partial charge on any atom is 0.165 e. The van der Waals surface area contributed by atoms with Crippen LogP contribution < -0.4 is 0 Å². The smallest absolute Gasteiger partial charge is 0.165 e. The molecule has 0 aliphatic heterocycles. The van der Waals surface area contributed by atoms with Crippen LogP contribution in [0.25, 0.3) is 0 Å². The van der Waals surface area contributed by atoms with E-state index in [1.165, 1.54) is 5.57 Å². The van der Waals surface area contributed by atoms with Gasteiger partial charge in [0.15, 0.2) is 5.78 Å². The van der Waals surface area contributed by atoms with E-state index in [-0.39, 0.29) is 5.92 Å². The standard InChI is InChI=1S/C11H14O/c1-8-6-7-9-4-2-3-5-10(9)11(8)12/h4-5,8H,2-3,6-7H2,1H3. The second-order valence-corrected chi connectivity index (χ2v) is 3.73. The molecule has 0 aromatic rings. The van der Waals surface area contributed by atoms with Crippen LogP contribution in [-0.4, -0.2) is 5.78 Å². The van der Waals surface area contributed by atoms with Crippen molar-refractivity contribution in [2.24, 2.45) is 5.92 Å². The molecule has 0 spiro atoms. The van der Waals surface area contributed by atoms with Crippen molar-refractivity contribution in [1.82, 2.24) is 0 Å². The number of allylic oxidation sites excluding steroid dienone is 4. The van der Waals surface area contributed by atoms with Crippen LogP contribution in [0.2, 0.25) is 0 Å². The number of Topliss-reactive ketones (excluding diaryl/α,β-unsaturated/α-hetero) is 1. The molecule has 2 rings (SSSR count). The summed E-state index contributed by atoms with van der Waals surface area (Å²) >= 11 is 0. The summed E-state index contributed by atoms with van der Waals surface area (Å²) in [5, 5.41) is 0. The van der Waals surface area contributed by atoms with Gasteiger partial charge in [-0.3, -0.25) is 4.79 Å². The molecule has 1 nitrogen and oxygen atoms in total. The molecule has 0 aromatic heterocycles. The molecule has 1 fully saturated rings. The van der Waals surface area contributed by atoms with Crippen molar-refractivity contribution < 1.29 is 4.79 Å². The summed E-state index contributed by atoms with van der Waals surface area (Å²) in [7, 11) is 0. The van der Waals surface area contributed by atoms with Crippen LogP contribution in [0.4, 0.5) is 0 Å². The van der Waals surface area contributed by atoms with Crippen molar-refractivity contribution in [1.29, 1.82) is 0 Å². The highest BCUT2D eigenvalue weighted by Crippen LogP contribution is 2.32. The molecule has 0 amide bonds. The predicted octanol–water partition coefficient (Wildman–Crippen LogP) is 2.63. The van der Waals surface area contributed by atoms with Crippen LogP contribution >= 0.6 is 0 Å². The van der Waals surface area contributed by atoms with E-state index in [0.29, 0.717) is 5.78 Å². The van der Waals surface area contributed by atoms with Gasteiger partial charge >= 0.3 is 0 Å². The number of hydrogen-bond acceptors (Lipinski definition) is 1. The minimum Gasteiger partial charge on any atom is -0.294 e. The fourth-order valence-corrected chi connectivity index (χ4v) is 1.99. The Kier molecular flexibility index (Phi) is 1.87. The first-order valence-corrected chi connectivity index (χ1v) is 4.73.